The van der Waals surface area contributed by atoms with Crippen LogP contribution in [0.15, 0.2) is 0 Å². The highest BCUT2D eigenvalue weighted by Crippen LogP contribution is 2.14. The van der Waals surface area contributed by atoms with Gasteiger partial charge in [0.15, 0.2) is 5.25 Å². The lowest BCUT2D eigenvalue weighted by atomic mass is 10.1. The van der Waals surface area contributed by atoms with Gasteiger partial charge in [-0.05, 0) is 6.42 Å². The topological polar surface area (TPSA) is 116 Å². The number of carbonyl (C=O) groups excluding carboxylic acids is 1. The number of esters is 1. The fraction of sp³-hybridized carbons (Fsp3) is 0.929. The van der Waals surface area contributed by atoms with E-state index in [4.69, 9.17) is 19.8 Å². The van der Waals surface area contributed by atoms with Gasteiger partial charge in [0.2, 0.25) is 0 Å². The van der Waals surface area contributed by atoms with Gasteiger partial charge in [-0.3, -0.25) is 9.35 Å². The molecular weight excluding hydrogens is 310 g/mol. The van der Waals surface area contributed by atoms with E-state index in [2.05, 4.69) is 6.92 Å². The number of carbonyl (C=O) groups is 1. The van der Waals surface area contributed by atoms with Crippen molar-refractivity contribution in [1.29, 1.82) is 0 Å². The Morgan fingerprint density at radius 2 is 1.73 bits per heavy atom. The smallest absolute Gasteiger partial charge is 0.326 e. The van der Waals surface area contributed by atoms with Crippen molar-refractivity contribution in [3.8, 4) is 0 Å². The minimum absolute atomic E-state index is 0.0542. The molecule has 0 rings (SSSR count). The summed E-state index contributed by atoms with van der Waals surface area (Å²) in [4.78, 5) is 11.7. The molecule has 0 aliphatic carbocycles. The third-order valence-corrected chi connectivity index (χ3v) is 4.32. The lowest BCUT2D eigenvalue weighted by Crippen LogP contribution is -2.32. The Labute approximate surface area is 133 Å². The van der Waals surface area contributed by atoms with Gasteiger partial charge < -0.3 is 15.2 Å². The lowest BCUT2D eigenvalue weighted by molar-refractivity contribution is -0.144. The average Bonchev–Trinajstić information content (AvgIpc) is 2.44. The molecule has 22 heavy (non-hydrogen) atoms. The Balaban J connectivity index is 4.09. The minimum atomic E-state index is -4.44. The molecule has 0 aliphatic rings. The number of nitrogens with two attached hydrogens (primary N) is 1. The summed E-state index contributed by atoms with van der Waals surface area (Å²) in [5.74, 6) is -0.924. The second-order valence-corrected chi connectivity index (χ2v) is 6.73. The summed E-state index contributed by atoms with van der Waals surface area (Å²) >= 11 is 0. The van der Waals surface area contributed by atoms with Crippen LogP contribution in [0.25, 0.3) is 0 Å². The van der Waals surface area contributed by atoms with Crippen LogP contribution in [-0.2, 0) is 24.4 Å². The molecule has 1 unspecified atom stereocenters. The first kappa shape index (κ1) is 21.3. The van der Waals surface area contributed by atoms with Crippen LogP contribution < -0.4 is 5.73 Å². The second-order valence-electron chi connectivity index (χ2n) is 5.13. The van der Waals surface area contributed by atoms with Gasteiger partial charge in [-0.1, -0.05) is 45.4 Å². The van der Waals surface area contributed by atoms with Gasteiger partial charge in [0.05, 0.1) is 13.2 Å². The predicted molar refractivity (Wildman–Crippen MR) is 84.2 cm³/mol. The molecule has 0 radical (unpaired) electrons. The van der Waals surface area contributed by atoms with Crippen molar-refractivity contribution < 1.29 is 27.2 Å². The highest BCUT2D eigenvalue weighted by atomic mass is 32.2. The molecule has 0 saturated carbocycles. The minimum Gasteiger partial charge on any atom is -0.462 e. The van der Waals surface area contributed by atoms with Crippen LogP contribution >= 0.6 is 0 Å². The van der Waals surface area contributed by atoms with E-state index >= 15 is 0 Å². The molecule has 7 nitrogen and oxygen atoms in total. The van der Waals surface area contributed by atoms with E-state index < -0.39 is 21.3 Å². The predicted octanol–water partition coefficient (Wildman–Crippen LogP) is 1.51. The summed E-state index contributed by atoms with van der Waals surface area (Å²) in [5.41, 5.74) is 5.23. The number of rotatable bonds is 14. The summed E-state index contributed by atoms with van der Waals surface area (Å²) in [7, 11) is -4.44. The third-order valence-electron chi connectivity index (χ3n) is 3.18. The zero-order valence-corrected chi connectivity index (χ0v) is 14.1. The van der Waals surface area contributed by atoms with Crippen molar-refractivity contribution in [2.45, 2.75) is 57.1 Å². The third kappa shape index (κ3) is 10.9. The second kappa shape index (κ2) is 12.8. The Hall–Kier alpha value is -0.700. The van der Waals surface area contributed by atoms with Crippen LogP contribution in [0.4, 0.5) is 0 Å². The van der Waals surface area contributed by atoms with Crippen LogP contribution in [0.1, 0.15) is 51.9 Å². The molecule has 8 heteroatoms. The van der Waals surface area contributed by atoms with E-state index in [1.165, 1.54) is 0 Å². The van der Waals surface area contributed by atoms with Crippen LogP contribution in [0.3, 0.4) is 0 Å². The van der Waals surface area contributed by atoms with Gasteiger partial charge >= 0.3 is 5.97 Å². The number of unbranched alkanes of at least 4 members (excludes halogenated alkanes) is 5. The fourth-order valence-corrected chi connectivity index (χ4v) is 2.75. The van der Waals surface area contributed by atoms with E-state index in [1.807, 2.05) is 0 Å². The van der Waals surface area contributed by atoms with Gasteiger partial charge in [-0.2, -0.15) is 8.42 Å². The molecule has 132 valence electrons. The highest BCUT2D eigenvalue weighted by Gasteiger charge is 2.31. The van der Waals surface area contributed by atoms with Gasteiger partial charge in [-0.25, -0.2) is 0 Å². The Morgan fingerprint density at radius 3 is 2.32 bits per heavy atom. The van der Waals surface area contributed by atoms with Crippen LogP contribution in [0.2, 0.25) is 0 Å². The van der Waals surface area contributed by atoms with Gasteiger partial charge in [-0.15, -0.1) is 0 Å². The van der Waals surface area contributed by atoms with Crippen molar-refractivity contribution >= 4 is 16.1 Å². The molecule has 0 fully saturated rings. The largest absolute Gasteiger partial charge is 0.462 e. The van der Waals surface area contributed by atoms with Crippen LogP contribution in [-0.4, -0.2) is 50.6 Å². The molecule has 0 heterocycles. The zero-order chi connectivity index (χ0) is 16.8. The molecule has 0 aromatic carbocycles. The Morgan fingerprint density at radius 1 is 1.09 bits per heavy atom. The van der Waals surface area contributed by atoms with E-state index in [-0.39, 0.29) is 19.6 Å². The first-order chi connectivity index (χ1) is 10.4. The van der Waals surface area contributed by atoms with Crippen molar-refractivity contribution in [1.82, 2.24) is 0 Å². The summed E-state index contributed by atoms with van der Waals surface area (Å²) in [6, 6.07) is 0. The van der Waals surface area contributed by atoms with Crippen molar-refractivity contribution in [2.24, 2.45) is 5.73 Å². The Kier molecular flexibility index (Phi) is 12.4. The molecular formula is C14H29NO6S. The summed E-state index contributed by atoms with van der Waals surface area (Å²) in [5, 5.41) is -1.51. The van der Waals surface area contributed by atoms with E-state index in [1.54, 1.807) is 0 Å². The van der Waals surface area contributed by atoms with E-state index in [0.29, 0.717) is 19.6 Å². The number of ether oxygens (including phenoxy) is 2. The molecule has 0 aliphatic heterocycles. The van der Waals surface area contributed by atoms with Crippen molar-refractivity contribution in [3.05, 3.63) is 0 Å². The number of hydrogen-bond acceptors (Lipinski definition) is 6. The molecule has 0 aromatic heterocycles. The van der Waals surface area contributed by atoms with Gasteiger partial charge in [0.1, 0.15) is 6.61 Å². The van der Waals surface area contributed by atoms with Gasteiger partial charge in [0, 0.05) is 6.54 Å². The van der Waals surface area contributed by atoms with Crippen molar-refractivity contribution in [3.63, 3.8) is 0 Å². The molecule has 0 amide bonds. The number of hydrogen-bond donors (Lipinski definition) is 2. The standard InChI is InChI=1S/C14H29NO6S/c1-2-3-4-5-6-7-8-13(22(17,18)19)14(16)21-12-11-20-10-9-15/h13H,2-12,15H2,1H3,(H,17,18,19). The maximum absolute atomic E-state index is 11.7. The molecule has 0 aromatic rings. The fourth-order valence-electron chi connectivity index (χ4n) is 1.98. The molecule has 0 saturated heterocycles. The van der Waals surface area contributed by atoms with Crippen LogP contribution in [0, 0.1) is 0 Å². The first-order valence-electron chi connectivity index (χ1n) is 7.84. The quantitative estimate of drug-likeness (QED) is 0.280. The lowest BCUT2D eigenvalue weighted by Gasteiger charge is -2.13. The summed E-state index contributed by atoms with van der Waals surface area (Å²) in [6.45, 7) is 2.91. The SMILES string of the molecule is CCCCCCCCC(C(=O)OCCOCCN)S(=O)(=O)O. The van der Waals surface area contributed by atoms with Gasteiger partial charge in [0.25, 0.3) is 10.1 Å². The summed E-state index contributed by atoms with van der Waals surface area (Å²) < 4.78 is 41.6. The highest BCUT2D eigenvalue weighted by molar-refractivity contribution is 7.87. The normalized spacial score (nSPS) is 13.0. The first-order valence-corrected chi connectivity index (χ1v) is 9.34. The average molecular weight is 339 g/mol. The maximum Gasteiger partial charge on any atom is 0.326 e. The molecule has 0 spiro atoms. The Bertz CT molecular complexity index is 385. The maximum atomic E-state index is 11.7. The molecule has 1 atom stereocenters. The molecule has 3 N–H and O–H groups in total. The summed E-state index contributed by atoms with van der Waals surface area (Å²) in [6.07, 6.45) is 5.84. The zero-order valence-electron chi connectivity index (χ0n) is 13.3. The monoisotopic (exact) mass is 339 g/mol. The van der Waals surface area contributed by atoms with Crippen LogP contribution in [0.5, 0.6) is 0 Å². The van der Waals surface area contributed by atoms with E-state index in [0.717, 1.165) is 32.1 Å². The van der Waals surface area contributed by atoms with Crippen molar-refractivity contribution in [2.75, 3.05) is 26.4 Å². The molecule has 0 bridgehead atoms. The van der Waals surface area contributed by atoms with E-state index in [9.17, 15) is 13.2 Å².